The quantitative estimate of drug-likeness (QED) is 0.842. The summed E-state index contributed by atoms with van der Waals surface area (Å²) in [6.07, 6.45) is 5.59. The second-order valence-corrected chi connectivity index (χ2v) is 6.41. The van der Waals surface area contributed by atoms with Crippen molar-refractivity contribution in [2.75, 3.05) is 11.9 Å². The smallest absolute Gasteiger partial charge is 0.251 e. The third-order valence-electron chi connectivity index (χ3n) is 4.97. The maximum Gasteiger partial charge on any atom is 0.251 e. The third-order valence-corrected chi connectivity index (χ3v) is 4.97. The summed E-state index contributed by atoms with van der Waals surface area (Å²) in [6.45, 7) is 0. The highest BCUT2D eigenvalue weighted by molar-refractivity contribution is 6.02. The first-order chi connectivity index (χ1) is 11.2. The van der Waals surface area contributed by atoms with Crippen molar-refractivity contribution in [1.82, 2.24) is 10.6 Å². The molecule has 2 amide bonds. The van der Waals surface area contributed by atoms with Gasteiger partial charge in [-0.25, -0.2) is 0 Å². The normalized spacial score (nSPS) is 25.7. The number of carbonyl (C=O) groups excluding carboxylic acids is 2. The molecule has 0 spiro atoms. The Hall–Kier alpha value is -2.34. The number of fused-ring (bicyclic) bond motifs is 3. The van der Waals surface area contributed by atoms with Crippen molar-refractivity contribution in [3.63, 3.8) is 0 Å². The Balaban J connectivity index is 1.58. The number of benzene rings is 1. The molecule has 3 atom stereocenters. The summed E-state index contributed by atoms with van der Waals surface area (Å²) in [6, 6.07) is 6.47. The zero-order chi connectivity index (χ0) is 16.0. The summed E-state index contributed by atoms with van der Waals surface area (Å²) < 4.78 is 5.44. The minimum Gasteiger partial charge on any atom is -0.462 e. The highest BCUT2D eigenvalue weighted by Crippen LogP contribution is 2.30. The van der Waals surface area contributed by atoms with Crippen LogP contribution in [0, 0.1) is 0 Å². The van der Waals surface area contributed by atoms with Gasteiger partial charge in [-0.3, -0.25) is 9.59 Å². The summed E-state index contributed by atoms with van der Waals surface area (Å²) in [5, 5.41) is 7.41. The number of nitrogens with one attached hydrogen (secondary N) is 2. The predicted molar refractivity (Wildman–Crippen MR) is 86.5 cm³/mol. The standard InChI is InChI=1S/C17H19N3O3/c1-20(9-21)15-8-23-16-5-2-10(6-12(15)16)17(22)19-14-7-11-3-4-13(14)18-11/h2,5-6,8-9,11,13-14,18H,3-4,7H2,1H3,(H,19,22)/t11-,13+,14-/m1/s1. The largest absolute Gasteiger partial charge is 0.462 e. The van der Waals surface area contributed by atoms with Crippen LogP contribution in [-0.2, 0) is 4.79 Å². The first-order valence-corrected chi connectivity index (χ1v) is 7.92. The maximum absolute atomic E-state index is 12.5. The van der Waals surface area contributed by atoms with Gasteiger partial charge < -0.3 is 20.0 Å². The topological polar surface area (TPSA) is 74.6 Å². The van der Waals surface area contributed by atoms with Crippen LogP contribution in [0.5, 0.6) is 0 Å². The molecule has 4 rings (SSSR count). The van der Waals surface area contributed by atoms with Crippen LogP contribution in [0.2, 0.25) is 0 Å². The molecule has 2 aromatic rings. The maximum atomic E-state index is 12.5. The Morgan fingerprint density at radius 2 is 2.30 bits per heavy atom. The second kappa shape index (κ2) is 5.38. The predicted octanol–water partition coefficient (Wildman–Crippen LogP) is 1.65. The van der Waals surface area contributed by atoms with Crippen molar-refractivity contribution in [3.05, 3.63) is 30.0 Å². The van der Waals surface area contributed by atoms with Crippen LogP contribution < -0.4 is 15.5 Å². The molecule has 2 aliphatic heterocycles. The molecule has 0 saturated carbocycles. The zero-order valence-corrected chi connectivity index (χ0v) is 12.9. The molecule has 1 aromatic carbocycles. The van der Waals surface area contributed by atoms with E-state index in [1.165, 1.54) is 17.6 Å². The lowest BCUT2D eigenvalue weighted by Gasteiger charge is -2.21. The van der Waals surface area contributed by atoms with E-state index in [1.807, 2.05) is 0 Å². The lowest BCUT2D eigenvalue weighted by atomic mass is 9.95. The molecular formula is C17H19N3O3. The monoisotopic (exact) mass is 313 g/mol. The van der Waals surface area contributed by atoms with E-state index in [4.69, 9.17) is 4.42 Å². The Morgan fingerprint density at radius 1 is 1.43 bits per heavy atom. The zero-order valence-electron chi connectivity index (χ0n) is 12.9. The van der Waals surface area contributed by atoms with Crippen molar-refractivity contribution in [2.24, 2.45) is 0 Å². The van der Waals surface area contributed by atoms with Crippen LogP contribution in [0.25, 0.3) is 11.0 Å². The second-order valence-electron chi connectivity index (χ2n) is 6.41. The molecule has 3 heterocycles. The number of anilines is 1. The fourth-order valence-electron chi connectivity index (χ4n) is 3.72. The van der Waals surface area contributed by atoms with Gasteiger partial charge in [0, 0.05) is 36.1 Å². The summed E-state index contributed by atoms with van der Waals surface area (Å²) in [5.41, 5.74) is 1.90. The average Bonchev–Trinajstić information content (AvgIpc) is 3.28. The Kier molecular flexibility index (Phi) is 3.34. The molecule has 6 heteroatoms. The summed E-state index contributed by atoms with van der Waals surface area (Å²) in [5.74, 6) is -0.0767. The van der Waals surface area contributed by atoms with Crippen molar-refractivity contribution in [1.29, 1.82) is 0 Å². The van der Waals surface area contributed by atoms with E-state index in [0.717, 1.165) is 24.6 Å². The fraction of sp³-hybridized carbons (Fsp3) is 0.412. The highest BCUT2D eigenvalue weighted by atomic mass is 16.3. The van der Waals surface area contributed by atoms with Gasteiger partial charge in [0.25, 0.3) is 5.91 Å². The molecule has 2 saturated heterocycles. The van der Waals surface area contributed by atoms with Gasteiger partial charge in [-0.15, -0.1) is 0 Å². The Labute approximate surface area is 133 Å². The Bertz CT molecular complexity index is 770. The van der Waals surface area contributed by atoms with Gasteiger partial charge in [-0.1, -0.05) is 0 Å². The molecule has 0 aliphatic carbocycles. The molecular weight excluding hydrogens is 294 g/mol. The molecule has 6 nitrogen and oxygen atoms in total. The van der Waals surface area contributed by atoms with E-state index in [-0.39, 0.29) is 11.9 Å². The molecule has 23 heavy (non-hydrogen) atoms. The SMILES string of the molecule is CN(C=O)c1coc2ccc(C(=O)N[C@@H]3C[C@H]4CC[C@@H]3N4)cc12. The number of amides is 2. The van der Waals surface area contributed by atoms with E-state index in [0.29, 0.717) is 28.9 Å². The summed E-state index contributed by atoms with van der Waals surface area (Å²) >= 11 is 0. The molecule has 2 N–H and O–H groups in total. The number of rotatable bonds is 4. The molecule has 0 unspecified atom stereocenters. The van der Waals surface area contributed by atoms with Gasteiger partial charge in [0.2, 0.25) is 6.41 Å². The number of furan rings is 1. The third kappa shape index (κ3) is 2.39. The lowest BCUT2D eigenvalue weighted by Crippen LogP contribution is -2.42. The Morgan fingerprint density at radius 3 is 3.00 bits per heavy atom. The lowest BCUT2D eigenvalue weighted by molar-refractivity contribution is -0.107. The van der Waals surface area contributed by atoms with Crippen LogP contribution in [-0.4, -0.2) is 37.5 Å². The minimum absolute atomic E-state index is 0.0767. The van der Waals surface area contributed by atoms with Crippen LogP contribution in [0.4, 0.5) is 5.69 Å². The van der Waals surface area contributed by atoms with Crippen molar-refractivity contribution in [2.45, 2.75) is 37.4 Å². The van der Waals surface area contributed by atoms with E-state index in [9.17, 15) is 9.59 Å². The van der Waals surface area contributed by atoms with Crippen molar-refractivity contribution >= 4 is 29.0 Å². The molecule has 1 aromatic heterocycles. The fourth-order valence-corrected chi connectivity index (χ4v) is 3.72. The summed E-state index contributed by atoms with van der Waals surface area (Å²) in [7, 11) is 1.66. The number of hydrogen-bond donors (Lipinski definition) is 2. The van der Waals surface area contributed by atoms with Crippen molar-refractivity contribution in [3.8, 4) is 0 Å². The van der Waals surface area contributed by atoms with Crippen molar-refractivity contribution < 1.29 is 14.0 Å². The van der Waals surface area contributed by atoms with Gasteiger partial charge in [0.15, 0.2) is 0 Å². The molecule has 2 aliphatic rings. The molecule has 0 radical (unpaired) electrons. The average molecular weight is 313 g/mol. The van der Waals surface area contributed by atoms with Crippen LogP contribution in [0.3, 0.4) is 0 Å². The van der Waals surface area contributed by atoms with Gasteiger partial charge in [-0.05, 0) is 37.5 Å². The van der Waals surface area contributed by atoms with E-state index in [1.54, 1.807) is 25.2 Å². The number of hydrogen-bond acceptors (Lipinski definition) is 4. The molecule has 120 valence electrons. The van der Waals surface area contributed by atoms with E-state index in [2.05, 4.69) is 10.6 Å². The highest BCUT2D eigenvalue weighted by Gasteiger charge is 2.39. The van der Waals surface area contributed by atoms with Gasteiger partial charge >= 0.3 is 0 Å². The van der Waals surface area contributed by atoms with Gasteiger partial charge in [0.1, 0.15) is 11.8 Å². The molecule has 2 fully saturated rings. The first kappa shape index (κ1) is 14.3. The van der Waals surface area contributed by atoms with E-state index < -0.39 is 0 Å². The summed E-state index contributed by atoms with van der Waals surface area (Å²) in [4.78, 5) is 24.9. The minimum atomic E-state index is -0.0767. The van der Waals surface area contributed by atoms with Crippen LogP contribution in [0.15, 0.2) is 28.9 Å². The van der Waals surface area contributed by atoms with Gasteiger partial charge in [0.05, 0.1) is 5.69 Å². The van der Waals surface area contributed by atoms with Crippen LogP contribution >= 0.6 is 0 Å². The number of nitrogens with zero attached hydrogens (tertiary/aromatic N) is 1. The first-order valence-electron chi connectivity index (χ1n) is 7.92. The molecule has 2 bridgehead atoms. The van der Waals surface area contributed by atoms with Crippen LogP contribution in [0.1, 0.15) is 29.6 Å². The van der Waals surface area contributed by atoms with Gasteiger partial charge in [-0.2, -0.15) is 0 Å². The number of carbonyl (C=O) groups is 2. The van der Waals surface area contributed by atoms with E-state index >= 15 is 0 Å².